The molecule has 0 aromatic carbocycles. The van der Waals surface area contributed by atoms with Crippen molar-refractivity contribution in [3.05, 3.63) is 0 Å². The molecule has 0 aromatic heterocycles. The Kier molecular flexibility index (Phi) is 15.5. The van der Waals surface area contributed by atoms with Crippen LogP contribution in [0.3, 0.4) is 0 Å². The number of nitrogens with one attached hydrogen (secondary N) is 2. The van der Waals surface area contributed by atoms with E-state index in [1.807, 2.05) is 41.5 Å². The highest BCUT2D eigenvalue weighted by molar-refractivity contribution is 6.05. The van der Waals surface area contributed by atoms with Crippen molar-refractivity contribution in [3.8, 4) is 0 Å². The molecule has 0 aromatic rings. The maximum absolute atomic E-state index is 11.9. The largest absolute Gasteiger partial charge is 0.463 e. The van der Waals surface area contributed by atoms with Crippen LogP contribution in [0.1, 0.15) is 107 Å². The highest BCUT2D eigenvalue weighted by atomic mass is 16.7. The maximum Gasteiger partial charge on any atom is 0.433 e. The Morgan fingerprint density at radius 1 is 0.907 bits per heavy atom. The number of imide groups is 2. The lowest BCUT2D eigenvalue weighted by molar-refractivity contribution is -0.154. The van der Waals surface area contributed by atoms with E-state index < -0.39 is 11.5 Å². The summed E-state index contributed by atoms with van der Waals surface area (Å²) in [5, 5.41) is 8.29. The number of oxime groups is 1. The number of nitrogens with zero attached hydrogens (tertiary/aromatic N) is 2. The number of ether oxygens (including phenoxy) is 1. The highest BCUT2D eigenvalue weighted by Crippen LogP contribution is 2.32. The van der Waals surface area contributed by atoms with Crippen molar-refractivity contribution in [1.29, 1.82) is 0 Å². The number of amides is 5. The van der Waals surface area contributed by atoms with Gasteiger partial charge in [-0.25, -0.2) is 4.79 Å². The van der Waals surface area contributed by atoms with Crippen LogP contribution in [0.15, 0.2) is 5.16 Å². The second-order valence-corrected chi connectivity index (χ2v) is 12.2. The van der Waals surface area contributed by atoms with Crippen LogP contribution in [0.25, 0.3) is 0 Å². The molecule has 43 heavy (non-hydrogen) atoms. The summed E-state index contributed by atoms with van der Waals surface area (Å²) in [7, 11) is 0. The van der Waals surface area contributed by atoms with E-state index in [1.165, 1.54) is 6.42 Å². The Hall–Kier alpha value is -3.31. The molecular weight excluding hydrogens is 556 g/mol. The van der Waals surface area contributed by atoms with Gasteiger partial charge in [0, 0.05) is 29.7 Å². The normalized spacial score (nSPS) is 24.4. The van der Waals surface area contributed by atoms with E-state index in [2.05, 4.69) is 20.6 Å². The SMILES string of the molecule is CC/C(C)=N\OC(=O)NCCOC(=O)C(C)(C)CC.CC1C(=O)N(C2CCCCC2)C(=O)C1C.CC1C(=O)NC(=O)C1C. The smallest absolute Gasteiger partial charge is 0.433 e. The van der Waals surface area contributed by atoms with Gasteiger partial charge in [-0.2, -0.15) is 0 Å². The molecule has 2 heterocycles. The van der Waals surface area contributed by atoms with E-state index in [0.717, 1.165) is 37.8 Å². The van der Waals surface area contributed by atoms with Gasteiger partial charge in [-0.1, -0.05) is 66.0 Å². The predicted octanol–water partition coefficient (Wildman–Crippen LogP) is 4.35. The Morgan fingerprint density at radius 3 is 1.84 bits per heavy atom. The van der Waals surface area contributed by atoms with E-state index in [1.54, 1.807) is 25.7 Å². The van der Waals surface area contributed by atoms with Crippen LogP contribution in [0, 0.1) is 29.1 Å². The van der Waals surface area contributed by atoms with Gasteiger partial charge >= 0.3 is 12.1 Å². The van der Waals surface area contributed by atoms with Crippen molar-refractivity contribution < 1.29 is 38.3 Å². The van der Waals surface area contributed by atoms with Crippen molar-refractivity contribution in [2.75, 3.05) is 13.2 Å². The lowest BCUT2D eigenvalue weighted by atomic mass is 9.91. The Labute approximate surface area is 256 Å². The quantitative estimate of drug-likeness (QED) is 0.103. The average Bonchev–Trinajstić information content (AvgIpc) is 3.33. The molecule has 3 fully saturated rings. The third-order valence-corrected chi connectivity index (χ3v) is 8.60. The summed E-state index contributed by atoms with van der Waals surface area (Å²) in [6, 6.07) is 0.200. The van der Waals surface area contributed by atoms with Crippen molar-refractivity contribution in [2.24, 2.45) is 34.2 Å². The van der Waals surface area contributed by atoms with Crippen LogP contribution in [-0.4, -0.2) is 65.5 Å². The molecule has 2 N–H and O–H groups in total. The van der Waals surface area contributed by atoms with Crippen LogP contribution >= 0.6 is 0 Å². The van der Waals surface area contributed by atoms with Crippen molar-refractivity contribution in [3.63, 3.8) is 0 Å². The third-order valence-electron chi connectivity index (χ3n) is 8.60. The number of hydrogen-bond acceptors (Lipinski definition) is 9. The lowest BCUT2D eigenvalue weighted by Gasteiger charge is -2.29. The zero-order chi connectivity index (χ0) is 32.9. The van der Waals surface area contributed by atoms with E-state index in [0.29, 0.717) is 6.42 Å². The Bertz CT molecular complexity index is 997. The first kappa shape index (κ1) is 37.7. The first-order valence-corrected chi connectivity index (χ1v) is 15.5. The van der Waals surface area contributed by atoms with Crippen molar-refractivity contribution in [1.82, 2.24) is 15.5 Å². The first-order chi connectivity index (χ1) is 20.1. The molecule has 12 nitrogen and oxygen atoms in total. The molecule has 0 bridgehead atoms. The van der Waals surface area contributed by atoms with Crippen molar-refractivity contribution >= 4 is 41.4 Å². The van der Waals surface area contributed by atoms with Crippen LogP contribution in [0.4, 0.5) is 4.79 Å². The van der Waals surface area contributed by atoms with Crippen LogP contribution < -0.4 is 10.6 Å². The molecule has 1 saturated carbocycles. The molecule has 4 unspecified atom stereocenters. The van der Waals surface area contributed by atoms with Gasteiger partial charge in [-0.05, 0) is 46.5 Å². The van der Waals surface area contributed by atoms with E-state index in [-0.39, 0.29) is 72.5 Å². The summed E-state index contributed by atoms with van der Waals surface area (Å²) < 4.78 is 5.05. The molecule has 2 saturated heterocycles. The van der Waals surface area contributed by atoms with Gasteiger partial charge < -0.3 is 10.1 Å². The van der Waals surface area contributed by atoms with Gasteiger partial charge in [-0.15, -0.1) is 0 Å². The van der Waals surface area contributed by atoms with Gasteiger partial charge in [0.2, 0.25) is 23.6 Å². The summed E-state index contributed by atoms with van der Waals surface area (Å²) in [6.07, 6.45) is 6.35. The second kappa shape index (κ2) is 17.7. The van der Waals surface area contributed by atoms with Gasteiger partial charge in [0.1, 0.15) is 6.61 Å². The molecular formula is C31H52N4O8. The fraction of sp³-hybridized carbons (Fsp3) is 0.774. The second-order valence-electron chi connectivity index (χ2n) is 12.2. The van der Waals surface area contributed by atoms with Crippen LogP contribution in [0.5, 0.6) is 0 Å². The summed E-state index contributed by atoms with van der Waals surface area (Å²) >= 11 is 0. The topological polar surface area (TPSA) is 161 Å². The minimum atomic E-state index is -0.654. The Morgan fingerprint density at radius 2 is 1.42 bits per heavy atom. The molecule has 1 aliphatic carbocycles. The van der Waals surface area contributed by atoms with Crippen molar-refractivity contribution in [2.45, 2.75) is 113 Å². The first-order valence-electron chi connectivity index (χ1n) is 15.5. The summed E-state index contributed by atoms with van der Waals surface area (Å²) in [4.78, 5) is 74.1. The molecule has 5 amide bonds. The minimum Gasteiger partial charge on any atom is -0.463 e. The number of carbonyl (C=O) groups excluding carboxylic acids is 6. The average molecular weight is 609 g/mol. The summed E-state index contributed by atoms with van der Waals surface area (Å²) in [5.41, 5.74) is 0.231. The van der Waals surface area contributed by atoms with Gasteiger partial charge in [0.15, 0.2) is 0 Å². The Balaban J connectivity index is 0.000000341. The predicted molar refractivity (Wildman–Crippen MR) is 161 cm³/mol. The number of esters is 1. The molecule has 0 spiro atoms. The van der Waals surface area contributed by atoms with E-state index >= 15 is 0 Å². The van der Waals surface area contributed by atoms with E-state index in [4.69, 9.17) is 4.74 Å². The summed E-state index contributed by atoms with van der Waals surface area (Å²) in [5.74, 6) is -0.960. The molecule has 4 atom stereocenters. The number of carbonyl (C=O) groups is 6. The van der Waals surface area contributed by atoms with Crippen LogP contribution in [0.2, 0.25) is 0 Å². The number of hydrogen-bond donors (Lipinski definition) is 2. The molecule has 0 radical (unpaired) electrons. The fourth-order valence-corrected chi connectivity index (χ4v) is 4.33. The molecule has 3 aliphatic rings. The molecule has 244 valence electrons. The standard InChI is InChI=1S/C13H24N2O4.C12H19NO2.C6H9NO2/c1-6-10(3)15-19-12(17)14-8-9-18-11(16)13(4,5)7-2;1-8-9(2)12(15)13(11(8)14)10-6-4-3-5-7-10;1-3-4(2)6(9)7-5(3)8/h6-9H2,1-5H3,(H,14,17);8-10H,3-7H2,1-2H3;3-4H,1-2H3,(H,7,8,9)/b15-10-;;. The highest BCUT2D eigenvalue weighted by Gasteiger charge is 2.45. The third kappa shape index (κ3) is 11.4. The number of likely N-dealkylation sites (tertiary alicyclic amines) is 1. The van der Waals surface area contributed by atoms with Crippen LogP contribution in [-0.2, 0) is 33.5 Å². The van der Waals surface area contributed by atoms with Gasteiger partial charge in [0.25, 0.3) is 0 Å². The lowest BCUT2D eigenvalue weighted by Crippen LogP contribution is -2.41. The van der Waals surface area contributed by atoms with Gasteiger partial charge in [0.05, 0.1) is 17.7 Å². The fourth-order valence-electron chi connectivity index (χ4n) is 4.33. The zero-order valence-electron chi connectivity index (χ0n) is 27.4. The summed E-state index contributed by atoms with van der Waals surface area (Å²) in [6.45, 7) is 16.8. The number of rotatable bonds is 8. The monoisotopic (exact) mass is 608 g/mol. The maximum atomic E-state index is 11.9. The van der Waals surface area contributed by atoms with Gasteiger partial charge in [-0.3, -0.25) is 39.0 Å². The molecule has 3 rings (SSSR count). The minimum absolute atomic E-state index is 0.0550. The zero-order valence-corrected chi connectivity index (χ0v) is 27.4. The molecule has 12 heteroatoms. The molecule has 2 aliphatic heterocycles. The van der Waals surface area contributed by atoms with E-state index in [9.17, 15) is 28.8 Å².